The predicted octanol–water partition coefficient (Wildman–Crippen LogP) is 4.17. The molecule has 0 spiro atoms. The summed E-state index contributed by atoms with van der Waals surface area (Å²) in [5.41, 5.74) is 10.8. The summed E-state index contributed by atoms with van der Waals surface area (Å²) in [7, 11) is -4.65. The molecule has 0 aliphatic rings. The van der Waals surface area contributed by atoms with Gasteiger partial charge in [0.15, 0.2) is 5.82 Å². The van der Waals surface area contributed by atoms with Gasteiger partial charge in [-0.1, -0.05) is 37.6 Å². The molecule has 0 saturated heterocycles. The zero-order valence-electron chi connectivity index (χ0n) is 19.4. The number of hydrogen-bond donors (Lipinski definition) is 3. The first-order valence-electron chi connectivity index (χ1n) is 11.2. The Labute approximate surface area is 201 Å². The summed E-state index contributed by atoms with van der Waals surface area (Å²) < 4.78 is 18.1. The number of phosphoric ester groups is 1. The number of carbonyl (C=O) groups excluding carboxylic acids is 1. The van der Waals surface area contributed by atoms with E-state index in [1.54, 1.807) is 25.1 Å². The summed E-state index contributed by atoms with van der Waals surface area (Å²) in [5.74, 6) is 1.33. The van der Waals surface area contributed by atoms with Crippen LogP contribution in [0.25, 0.3) is 21.9 Å². The number of aliphatic imine (C=N–C) groups is 1. The summed E-state index contributed by atoms with van der Waals surface area (Å²) in [6.07, 6.45) is 4.27. The van der Waals surface area contributed by atoms with Crippen LogP contribution in [-0.2, 0) is 28.9 Å². The van der Waals surface area contributed by atoms with E-state index in [2.05, 4.69) is 21.5 Å². The minimum atomic E-state index is -4.65. The molecule has 0 aliphatic carbocycles. The Bertz CT molecular complexity index is 1500. The van der Waals surface area contributed by atoms with Crippen LogP contribution >= 0.6 is 7.82 Å². The van der Waals surface area contributed by atoms with Crippen LogP contribution in [-0.4, -0.2) is 30.4 Å². The molecule has 0 saturated carbocycles. The molecular formula is C24H26N5O5P. The number of isocyanates is 1. The fourth-order valence-corrected chi connectivity index (χ4v) is 4.61. The van der Waals surface area contributed by atoms with E-state index in [4.69, 9.17) is 25.0 Å². The lowest BCUT2D eigenvalue weighted by Gasteiger charge is -2.14. The Kier molecular flexibility index (Phi) is 7.00. The number of nitrogens with two attached hydrogens (primary N) is 1. The average molecular weight is 495 g/mol. The van der Waals surface area contributed by atoms with Crippen LogP contribution in [0.1, 0.15) is 42.3 Å². The lowest BCUT2D eigenvalue weighted by Crippen LogP contribution is -2.06. The molecule has 0 amide bonds. The molecule has 0 fully saturated rings. The number of benzene rings is 2. The molecule has 4 N–H and O–H groups in total. The van der Waals surface area contributed by atoms with E-state index in [-0.39, 0.29) is 12.3 Å². The number of phosphoric acid groups is 1. The van der Waals surface area contributed by atoms with Gasteiger partial charge in [-0.2, -0.15) is 0 Å². The molecule has 4 aromatic rings. The van der Waals surface area contributed by atoms with Crippen molar-refractivity contribution < 1.29 is 23.7 Å². The van der Waals surface area contributed by atoms with Crippen molar-refractivity contribution in [2.45, 2.75) is 46.2 Å². The van der Waals surface area contributed by atoms with E-state index in [9.17, 15) is 9.36 Å². The van der Waals surface area contributed by atoms with Crippen molar-refractivity contribution in [3.8, 4) is 5.75 Å². The van der Waals surface area contributed by atoms with Gasteiger partial charge < -0.3 is 14.8 Å². The second-order valence-electron chi connectivity index (χ2n) is 8.35. The van der Waals surface area contributed by atoms with Gasteiger partial charge in [0, 0.05) is 18.4 Å². The fraction of sp³-hybridized carbons (Fsp3) is 0.292. The number of nitrogen functional groups attached to an aromatic ring is 1. The van der Waals surface area contributed by atoms with Crippen LogP contribution in [0.4, 0.5) is 5.82 Å². The lowest BCUT2D eigenvalue weighted by molar-refractivity contribution is 0.282. The molecule has 2 aromatic heterocycles. The molecule has 35 heavy (non-hydrogen) atoms. The smallest absolute Gasteiger partial charge is 0.404 e. The summed E-state index contributed by atoms with van der Waals surface area (Å²) in [4.78, 5) is 41.8. The molecular weight excluding hydrogens is 469 g/mol. The van der Waals surface area contributed by atoms with Crippen molar-refractivity contribution >= 4 is 41.7 Å². The van der Waals surface area contributed by atoms with E-state index in [1.807, 2.05) is 24.3 Å². The van der Waals surface area contributed by atoms with Crippen LogP contribution in [0, 0.1) is 6.92 Å². The number of aryl methyl sites for hydroxylation is 2. The third-order valence-corrected chi connectivity index (χ3v) is 6.16. The highest BCUT2D eigenvalue weighted by atomic mass is 31.2. The topological polar surface area (TPSA) is 153 Å². The Morgan fingerprint density at radius 3 is 2.63 bits per heavy atom. The number of anilines is 1. The van der Waals surface area contributed by atoms with Gasteiger partial charge >= 0.3 is 7.82 Å². The molecule has 182 valence electrons. The minimum absolute atomic E-state index is 0.133. The third-order valence-electron chi connectivity index (χ3n) is 5.72. The zero-order valence-corrected chi connectivity index (χ0v) is 20.3. The van der Waals surface area contributed by atoms with Crippen molar-refractivity contribution in [3.05, 3.63) is 58.9 Å². The predicted molar refractivity (Wildman–Crippen MR) is 133 cm³/mol. The highest BCUT2D eigenvalue weighted by Crippen LogP contribution is 2.39. The Balaban J connectivity index is 1.85. The van der Waals surface area contributed by atoms with Crippen molar-refractivity contribution in [2.75, 3.05) is 5.73 Å². The van der Waals surface area contributed by atoms with Gasteiger partial charge in [0.05, 0.1) is 17.6 Å². The number of pyridine rings is 1. The highest BCUT2D eigenvalue weighted by molar-refractivity contribution is 7.46. The molecule has 0 radical (unpaired) electrons. The van der Waals surface area contributed by atoms with Gasteiger partial charge in [-0.05, 0) is 42.2 Å². The lowest BCUT2D eigenvalue weighted by atomic mass is 10.1. The van der Waals surface area contributed by atoms with E-state index >= 15 is 0 Å². The summed E-state index contributed by atoms with van der Waals surface area (Å²) in [5, 5.41) is 0.876. The van der Waals surface area contributed by atoms with Gasteiger partial charge in [0.2, 0.25) is 6.08 Å². The molecule has 0 aliphatic heterocycles. The van der Waals surface area contributed by atoms with E-state index < -0.39 is 7.82 Å². The van der Waals surface area contributed by atoms with Gasteiger partial charge in [-0.25, -0.2) is 24.3 Å². The fourth-order valence-electron chi connectivity index (χ4n) is 4.14. The summed E-state index contributed by atoms with van der Waals surface area (Å²) in [6, 6.07) is 10.8. The first-order valence-corrected chi connectivity index (χ1v) is 12.7. The van der Waals surface area contributed by atoms with Crippen molar-refractivity contribution in [3.63, 3.8) is 0 Å². The number of fused-ring (bicyclic) bond motifs is 3. The van der Waals surface area contributed by atoms with Gasteiger partial charge in [0.25, 0.3) is 0 Å². The average Bonchev–Trinajstić information content (AvgIpc) is 3.16. The van der Waals surface area contributed by atoms with Crippen molar-refractivity contribution in [2.24, 2.45) is 4.99 Å². The molecule has 2 aromatic carbocycles. The second kappa shape index (κ2) is 9.98. The minimum Gasteiger partial charge on any atom is -0.404 e. The standard InChI is InChI=1S/C24H26N5O5P/c1-3-4-5-21-28-22-23(18-8-6-16(12-26-14-30)11-19(18)27-24(22)25)29(21)13-17-7-9-20(15(2)10-17)34-35(31,32)33/h6-11H,3-5,12-13H2,1-2H3,(H2,25,27)(H2,31,32,33). The number of nitrogens with zero attached hydrogens (tertiary/aromatic N) is 4. The van der Waals surface area contributed by atoms with Crippen LogP contribution < -0.4 is 10.3 Å². The SMILES string of the molecule is CCCCc1nc2c(N)nc3cc(CN=C=O)ccc3c2n1Cc1ccc(OP(=O)(O)O)c(C)c1. The van der Waals surface area contributed by atoms with Crippen LogP contribution in [0.15, 0.2) is 41.4 Å². The highest BCUT2D eigenvalue weighted by Gasteiger charge is 2.20. The van der Waals surface area contributed by atoms with E-state index in [0.29, 0.717) is 29.0 Å². The molecule has 0 bridgehead atoms. The first-order chi connectivity index (χ1) is 16.7. The van der Waals surface area contributed by atoms with Gasteiger partial charge in [-0.15, -0.1) is 0 Å². The van der Waals surface area contributed by atoms with Crippen molar-refractivity contribution in [1.82, 2.24) is 14.5 Å². The van der Waals surface area contributed by atoms with Crippen LogP contribution in [0.3, 0.4) is 0 Å². The number of aromatic nitrogens is 3. The Morgan fingerprint density at radius 2 is 1.94 bits per heavy atom. The van der Waals surface area contributed by atoms with Crippen LogP contribution in [0.2, 0.25) is 0 Å². The molecule has 0 atom stereocenters. The zero-order chi connectivity index (χ0) is 25.2. The van der Waals surface area contributed by atoms with Crippen LogP contribution in [0.5, 0.6) is 5.75 Å². The molecule has 2 heterocycles. The summed E-state index contributed by atoms with van der Waals surface area (Å²) >= 11 is 0. The maximum Gasteiger partial charge on any atom is 0.524 e. The maximum absolute atomic E-state index is 11.2. The monoisotopic (exact) mass is 495 g/mol. The van der Waals surface area contributed by atoms with Gasteiger partial charge in [0.1, 0.15) is 17.1 Å². The Morgan fingerprint density at radius 1 is 1.17 bits per heavy atom. The Hall–Kier alpha value is -3.55. The summed E-state index contributed by atoms with van der Waals surface area (Å²) in [6.45, 7) is 4.54. The number of imidazole rings is 1. The first kappa shape index (κ1) is 24.6. The second-order valence-corrected chi connectivity index (χ2v) is 9.52. The van der Waals surface area contributed by atoms with E-state index in [0.717, 1.165) is 47.1 Å². The van der Waals surface area contributed by atoms with E-state index in [1.165, 1.54) is 0 Å². The number of unbranched alkanes of at least 4 members (excludes halogenated alkanes) is 1. The number of rotatable bonds is 9. The molecule has 11 heteroatoms. The molecule has 0 unspecified atom stereocenters. The largest absolute Gasteiger partial charge is 0.524 e. The maximum atomic E-state index is 11.2. The third kappa shape index (κ3) is 5.42. The number of hydrogen-bond acceptors (Lipinski definition) is 7. The molecule has 10 nitrogen and oxygen atoms in total. The van der Waals surface area contributed by atoms with Gasteiger partial charge in [-0.3, -0.25) is 9.79 Å². The molecule has 4 rings (SSSR count). The van der Waals surface area contributed by atoms with Crippen molar-refractivity contribution in [1.29, 1.82) is 0 Å². The quantitative estimate of drug-likeness (QED) is 0.178. The normalized spacial score (nSPS) is 11.7.